The molecule has 0 radical (unpaired) electrons. The lowest BCUT2D eigenvalue weighted by molar-refractivity contribution is -0.137. The molecule has 0 bridgehead atoms. The molecule has 0 atom stereocenters. The van der Waals surface area contributed by atoms with Crippen molar-refractivity contribution in [3.8, 4) is 0 Å². The minimum atomic E-state index is -4.36. The number of alkyl halides is 3. The van der Waals surface area contributed by atoms with Gasteiger partial charge >= 0.3 is 6.18 Å². The molecule has 2 rings (SSSR count). The van der Waals surface area contributed by atoms with Gasteiger partial charge in [-0.05, 0) is 36.6 Å². The van der Waals surface area contributed by atoms with E-state index in [4.69, 9.17) is 11.6 Å². The van der Waals surface area contributed by atoms with Crippen LogP contribution in [0.3, 0.4) is 0 Å². The summed E-state index contributed by atoms with van der Waals surface area (Å²) in [4.78, 5) is 0. The van der Waals surface area contributed by atoms with Crippen LogP contribution in [0.15, 0.2) is 30.5 Å². The topological polar surface area (TPSA) is 28.7 Å². The first-order valence-electron chi connectivity index (χ1n) is 5.30. The number of nitrogens with one attached hydrogen (secondary N) is 1. The van der Waals surface area contributed by atoms with E-state index in [1.165, 1.54) is 6.07 Å². The Morgan fingerprint density at radius 1 is 1.17 bits per heavy atom. The van der Waals surface area contributed by atoms with Crippen molar-refractivity contribution in [3.63, 3.8) is 0 Å². The van der Waals surface area contributed by atoms with Crippen molar-refractivity contribution in [2.45, 2.75) is 19.0 Å². The fraction of sp³-hybridized carbons (Fsp3) is 0.250. The van der Waals surface area contributed by atoms with E-state index < -0.39 is 11.7 Å². The van der Waals surface area contributed by atoms with Crippen molar-refractivity contribution in [1.82, 2.24) is 10.2 Å². The van der Waals surface area contributed by atoms with Gasteiger partial charge in [-0.2, -0.15) is 18.3 Å². The van der Waals surface area contributed by atoms with E-state index >= 15 is 0 Å². The highest BCUT2D eigenvalue weighted by Crippen LogP contribution is 2.32. The van der Waals surface area contributed by atoms with Crippen molar-refractivity contribution in [2.75, 3.05) is 0 Å². The Kier molecular flexibility index (Phi) is 3.61. The number of benzene rings is 1. The van der Waals surface area contributed by atoms with Crippen LogP contribution in [0.5, 0.6) is 0 Å². The summed E-state index contributed by atoms with van der Waals surface area (Å²) in [6.07, 6.45) is -1.50. The summed E-state index contributed by atoms with van der Waals surface area (Å²) in [5.41, 5.74) is 0.892. The zero-order chi connectivity index (χ0) is 13.2. The predicted octanol–water partition coefficient (Wildman–Crippen LogP) is 3.87. The lowest BCUT2D eigenvalue weighted by atomic mass is 10.1. The second-order valence-corrected chi connectivity index (χ2v) is 4.29. The Balaban J connectivity index is 2.10. The summed E-state index contributed by atoms with van der Waals surface area (Å²) in [6.45, 7) is 0. The van der Waals surface area contributed by atoms with Gasteiger partial charge in [-0.15, -0.1) is 0 Å². The second kappa shape index (κ2) is 5.02. The van der Waals surface area contributed by atoms with Crippen LogP contribution in [-0.4, -0.2) is 10.2 Å². The minimum absolute atomic E-state index is 0.143. The fourth-order valence-electron chi connectivity index (χ4n) is 1.62. The Labute approximate surface area is 107 Å². The van der Waals surface area contributed by atoms with Crippen LogP contribution < -0.4 is 0 Å². The molecular weight excluding hydrogens is 265 g/mol. The van der Waals surface area contributed by atoms with E-state index in [1.54, 1.807) is 6.20 Å². The van der Waals surface area contributed by atoms with Crippen LogP contribution in [0.2, 0.25) is 5.02 Å². The van der Waals surface area contributed by atoms with Gasteiger partial charge in [0.25, 0.3) is 0 Å². The van der Waals surface area contributed by atoms with Crippen LogP contribution in [0.4, 0.5) is 13.2 Å². The summed E-state index contributed by atoms with van der Waals surface area (Å²) < 4.78 is 37.3. The van der Waals surface area contributed by atoms with Gasteiger partial charge in [0.15, 0.2) is 0 Å². The molecule has 0 saturated heterocycles. The van der Waals surface area contributed by atoms with E-state index in [0.29, 0.717) is 18.4 Å². The van der Waals surface area contributed by atoms with Crippen molar-refractivity contribution in [1.29, 1.82) is 0 Å². The monoisotopic (exact) mass is 274 g/mol. The third-order valence-electron chi connectivity index (χ3n) is 2.60. The third-order valence-corrected chi connectivity index (χ3v) is 2.95. The summed E-state index contributed by atoms with van der Waals surface area (Å²) in [5.74, 6) is 0. The maximum atomic E-state index is 12.4. The molecule has 0 fully saturated rings. The maximum absolute atomic E-state index is 12.4. The number of hydrogen-bond donors (Lipinski definition) is 1. The van der Waals surface area contributed by atoms with Gasteiger partial charge in [-0.3, -0.25) is 5.10 Å². The lowest BCUT2D eigenvalue weighted by Crippen LogP contribution is -2.05. The molecule has 96 valence electrons. The number of aromatic amines is 1. The first-order valence-corrected chi connectivity index (χ1v) is 5.68. The standard InChI is InChI=1S/C12H10ClF3N2/c13-11-7-9(12(14,15)16)3-1-8(11)2-4-10-5-6-17-18-10/h1,3,5-7H,2,4H2,(H,17,18). The maximum Gasteiger partial charge on any atom is 0.416 e. The van der Waals surface area contributed by atoms with Crippen LogP contribution in [-0.2, 0) is 19.0 Å². The van der Waals surface area contributed by atoms with E-state index in [2.05, 4.69) is 10.2 Å². The first-order chi connectivity index (χ1) is 8.47. The van der Waals surface area contributed by atoms with Crippen molar-refractivity contribution in [2.24, 2.45) is 0 Å². The first kappa shape index (κ1) is 13.0. The smallest absolute Gasteiger partial charge is 0.283 e. The quantitative estimate of drug-likeness (QED) is 0.904. The van der Waals surface area contributed by atoms with Crippen molar-refractivity contribution < 1.29 is 13.2 Å². The van der Waals surface area contributed by atoms with Crippen molar-refractivity contribution >= 4 is 11.6 Å². The number of aryl methyl sites for hydroxylation is 2. The molecule has 0 aliphatic rings. The van der Waals surface area contributed by atoms with E-state index in [9.17, 15) is 13.2 Å². The SMILES string of the molecule is FC(F)(F)c1ccc(CCc2ccn[nH]2)c(Cl)c1. The average Bonchev–Trinajstić information content (AvgIpc) is 2.79. The molecule has 0 aliphatic carbocycles. The van der Waals surface area contributed by atoms with Gasteiger partial charge in [0, 0.05) is 16.9 Å². The molecule has 6 heteroatoms. The Bertz CT molecular complexity index is 521. The van der Waals surface area contributed by atoms with Gasteiger partial charge in [0.1, 0.15) is 0 Å². The van der Waals surface area contributed by atoms with Gasteiger partial charge < -0.3 is 0 Å². The number of halogens is 4. The molecule has 2 nitrogen and oxygen atoms in total. The molecule has 1 N–H and O–H groups in total. The van der Waals surface area contributed by atoms with Crippen LogP contribution in [0, 0.1) is 0 Å². The van der Waals surface area contributed by atoms with Gasteiger partial charge in [0.05, 0.1) is 5.56 Å². The summed E-state index contributed by atoms with van der Waals surface area (Å²) >= 11 is 5.85. The van der Waals surface area contributed by atoms with E-state index in [-0.39, 0.29) is 5.02 Å². The van der Waals surface area contributed by atoms with Crippen LogP contribution >= 0.6 is 11.6 Å². The molecule has 18 heavy (non-hydrogen) atoms. The second-order valence-electron chi connectivity index (χ2n) is 3.89. The lowest BCUT2D eigenvalue weighted by Gasteiger charge is -2.09. The van der Waals surface area contributed by atoms with Crippen LogP contribution in [0.25, 0.3) is 0 Å². The average molecular weight is 275 g/mol. The highest BCUT2D eigenvalue weighted by atomic mass is 35.5. The highest BCUT2D eigenvalue weighted by molar-refractivity contribution is 6.31. The van der Waals surface area contributed by atoms with Gasteiger partial charge in [0.2, 0.25) is 0 Å². The van der Waals surface area contributed by atoms with Gasteiger partial charge in [-0.25, -0.2) is 0 Å². The van der Waals surface area contributed by atoms with Gasteiger partial charge in [-0.1, -0.05) is 17.7 Å². The molecular formula is C12H10ClF3N2. The minimum Gasteiger partial charge on any atom is -0.283 e. The Morgan fingerprint density at radius 3 is 2.50 bits per heavy atom. The molecule has 0 saturated carbocycles. The molecule has 1 heterocycles. The molecule has 0 aliphatic heterocycles. The fourth-order valence-corrected chi connectivity index (χ4v) is 1.89. The Morgan fingerprint density at radius 2 is 1.94 bits per heavy atom. The normalized spacial score (nSPS) is 11.8. The molecule has 2 aromatic rings. The number of aromatic nitrogens is 2. The zero-order valence-electron chi connectivity index (χ0n) is 9.26. The number of nitrogens with zero attached hydrogens (tertiary/aromatic N) is 1. The van der Waals surface area contributed by atoms with Crippen molar-refractivity contribution in [3.05, 3.63) is 52.3 Å². The molecule has 1 aromatic heterocycles. The van der Waals surface area contributed by atoms with E-state index in [0.717, 1.165) is 17.8 Å². The third kappa shape index (κ3) is 3.04. The Hall–Kier alpha value is -1.49. The largest absolute Gasteiger partial charge is 0.416 e. The number of rotatable bonds is 3. The molecule has 1 aromatic carbocycles. The molecule has 0 spiro atoms. The highest BCUT2D eigenvalue weighted by Gasteiger charge is 2.30. The summed E-state index contributed by atoms with van der Waals surface area (Å²) in [5, 5.41) is 6.73. The van der Waals surface area contributed by atoms with Crippen LogP contribution in [0.1, 0.15) is 16.8 Å². The molecule has 0 unspecified atom stereocenters. The summed E-state index contributed by atoms with van der Waals surface area (Å²) in [6, 6.07) is 5.25. The zero-order valence-corrected chi connectivity index (χ0v) is 10.0. The number of hydrogen-bond acceptors (Lipinski definition) is 1. The molecule has 0 amide bonds. The van der Waals surface area contributed by atoms with E-state index in [1.807, 2.05) is 6.07 Å². The predicted molar refractivity (Wildman–Crippen MR) is 62.4 cm³/mol. The summed E-state index contributed by atoms with van der Waals surface area (Å²) in [7, 11) is 0. The number of H-pyrrole nitrogens is 1.